The molecule has 0 aliphatic carbocycles. The molecule has 0 saturated heterocycles. The van der Waals surface area contributed by atoms with Gasteiger partial charge in [0, 0.05) is 11.6 Å². The lowest BCUT2D eigenvalue weighted by Gasteiger charge is -2.06. The smallest absolute Gasteiger partial charge is 0.374 e. The summed E-state index contributed by atoms with van der Waals surface area (Å²) in [6.07, 6.45) is 0. The van der Waals surface area contributed by atoms with Gasteiger partial charge in [-0.05, 0) is 34.5 Å². The van der Waals surface area contributed by atoms with Crippen molar-refractivity contribution in [2.45, 2.75) is 6.92 Å². The zero-order chi connectivity index (χ0) is 12.6. The molecule has 0 aliphatic rings. The van der Waals surface area contributed by atoms with Crippen LogP contribution in [0.4, 0.5) is 0 Å². The number of nitrogens with zero attached hydrogens (tertiary/aromatic N) is 1. The molecule has 17 heavy (non-hydrogen) atoms. The molecule has 0 amide bonds. The van der Waals surface area contributed by atoms with Crippen molar-refractivity contribution in [3.63, 3.8) is 0 Å². The predicted octanol–water partition coefficient (Wildman–Crippen LogP) is 2.82. The molecule has 0 bridgehead atoms. The van der Waals surface area contributed by atoms with Gasteiger partial charge in [0.25, 0.3) is 0 Å². The van der Waals surface area contributed by atoms with Gasteiger partial charge in [-0.1, -0.05) is 11.2 Å². The highest BCUT2D eigenvalue weighted by molar-refractivity contribution is 9.10. The minimum Gasteiger partial charge on any atom is -0.506 e. The van der Waals surface area contributed by atoms with E-state index in [0.717, 1.165) is 5.56 Å². The molecule has 1 aromatic carbocycles. The summed E-state index contributed by atoms with van der Waals surface area (Å²) in [5.74, 6) is -1.45. The number of aromatic nitrogens is 1. The van der Waals surface area contributed by atoms with E-state index in [4.69, 9.17) is 5.11 Å². The Morgan fingerprint density at radius 2 is 2.18 bits per heavy atom. The van der Waals surface area contributed by atoms with E-state index in [2.05, 4.69) is 25.6 Å². The van der Waals surface area contributed by atoms with E-state index in [-0.39, 0.29) is 11.5 Å². The number of phenols is 1. The topological polar surface area (TPSA) is 83.6 Å². The van der Waals surface area contributed by atoms with Gasteiger partial charge >= 0.3 is 5.97 Å². The van der Waals surface area contributed by atoms with Crippen molar-refractivity contribution in [1.29, 1.82) is 0 Å². The van der Waals surface area contributed by atoms with Gasteiger partial charge < -0.3 is 14.7 Å². The molecule has 2 aromatic rings. The average molecular weight is 298 g/mol. The fraction of sp³-hybridized carbons (Fsp3) is 0.0909. The number of aromatic hydroxyl groups is 1. The van der Waals surface area contributed by atoms with E-state index in [0.29, 0.717) is 15.7 Å². The van der Waals surface area contributed by atoms with Crippen LogP contribution in [0.5, 0.6) is 5.75 Å². The lowest BCUT2D eigenvalue weighted by molar-refractivity contribution is 0.0652. The largest absolute Gasteiger partial charge is 0.506 e. The number of benzene rings is 1. The molecule has 0 atom stereocenters. The van der Waals surface area contributed by atoms with Crippen LogP contribution in [0.2, 0.25) is 0 Å². The van der Waals surface area contributed by atoms with E-state index in [1.54, 1.807) is 19.1 Å². The fourth-order valence-electron chi connectivity index (χ4n) is 1.48. The number of rotatable bonds is 2. The predicted molar refractivity (Wildman–Crippen MR) is 63.0 cm³/mol. The van der Waals surface area contributed by atoms with Crippen LogP contribution in [0.1, 0.15) is 16.1 Å². The standard InChI is InChI=1S/C11H8BrNO4/c1-5-2-3-6(12)10(14)9(5)7-4-8(11(15)16)17-13-7/h2-4,14H,1H3,(H,15,16). The second kappa shape index (κ2) is 4.21. The first kappa shape index (κ1) is 11.7. The second-order valence-electron chi connectivity index (χ2n) is 3.47. The first-order valence-electron chi connectivity index (χ1n) is 4.69. The van der Waals surface area contributed by atoms with Gasteiger partial charge in [0.15, 0.2) is 0 Å². The third-order valence-electron chi connectivity index (χ3n) is 2.31. The molecule has 0 saturated carbocycles. The van der Waals surface area contributed by atoms with Crippen molar-refractivity contribution < 1.29 is 19.5 Å². The van der Waals surface area contributed by atoms with Crippen molar-refractivity contribution in [2.75, 3.05) is 0 Å². The Balaban J connectivity index is 2.60. The molecule has 2 N–H and O–H groups in total. The van der Waals surface area contributed by atoms with Crippen molar-refractivity contribution >= 4 is 21.9 Å². The number of halogens is 1. The first-order valence-corrected chi connectivity index (χ1v) is 5.48. The molecule has 0 unspecified atom stereocenters. The van der Waals surface area contributed by atoms with E-state index in [1.165, 1.54) is 6.07 Å². The Hall–Kier alpha value is -1.82. The van der Waals surface area contributed by atoms with Crippen molar-refractivity contribution in [1.82, 2.24) is 5.16 Å². The molecular formula is C11H8BrNO4. The number of hydrogen-bond acceptors (Lipinski definition) is 4. The van der Waals surface area contributed by atoms with Crippen LogP contribution in [0.3, 0.4) is 0 Å². The summed E-state index contributed by atoms with van der Waals surface area (Å²) in [5, 5.41) is 22.3. The van der Waals surface area contributed by atoms with Crippen LogP contribution >= 0.6 is 15.9 Å². The van der Waals surface area contributed by atoms with Gasteiger partial charge in [0.1, 0.15) is 11.4 Å². The van der Waals surface area contributed by atoms with Crippen LogP contribution in [0.25, 0.3) is 11.3 Å². The highest BCUT2D eigenvalue weighted by Crippen LogP contribution is 2.37. The molecule has 0 radical (unpaired) electrons. The highest BCUT2D eigenvalue weighted by Gasteiger charge is 2.17. The summed E-state index contributed by atoms with van der Waals surface area (Å²) < 4.78 is 5.17. The lowest BCUT2D eigenvalue weighted by Crippen LogP contribution is -1.91. The second-order valence-corrected chi connectivity index (χ2v) is 4.32. The molecule has 2 rings (SSSR count). The molecular weight excluding hydrogens is 290 g/mol. The van der Waals surface area contributed by atoms with Gasteiger partial charge in [-0.15, -0.1) is 0 Å². The number of hydrogen-bond donors (Lipinski definition) is 2. The van der Waals surface area contributed by atoms with Gasteiger partial charge in [-0.2, -0.15) is 0 Å². The van der Waals surface area contributed by atoms with Gasteiger partial charge in [0.05, 0.1) is 4.47 Å². The Morgan fingerprint density at radius 3 is 2.76 bits per heavy atom. The molecule has 0 aliphatic heterocycles. The van der Waals surface area contributed by atoms with Crippen molar-refractivity contribution in [3.05, 3.63) is 34.0 Å². The maximum atomic E-state index is 10.7. The third-order valence-corrected chi connectivity index (χ3v) is 2.95. The molecule has 6 heteroatoms. The first-order chi connectivity index (χ1) is 8.00. The summed E-state index contributed by atoms with van der Waals surface area (Å²) in [6, 6.07) is 4.76. The minimum atomic E-state index is -1.20. The van der Waals surface area contributed by atoms with E-state index in [9.17, 15) is 9.90 Å². The van der Waals surface area contributed by atoms with Gasteiger partial charge in [-0.3, -0.25) is 0 Å². The van der Waals surface area contributed by atoms with Gasteiger partial charge in [0.2, 0.25) is 5.76 Å². The van der Waals surface area contributed by atoms with Crippen LogP contribution in [0.15, 0.2) is 27.2 Å². The van der Waals surface area contributed by atoms with Gasteiger partial charge in [-0.25, -0.2) is 4.79 Å². The zero-order valence-corrected chi connectivity index (χ0v) is 10.4. The number of aryl methyl sites for hydroxylation is 1. The molecule has 5 nitrogen and oxygen atoms in total. The summed E-state index contributed by atoms with van der Waals surface area (Å²) in [4.78, 5) is 10.7. The SMILES string of the molecule is Cc1ccc(Br)c(O)c1-c1cc(C(=O)O)on1. The van der Waals surface area contributed by atoms with Crippen molar-refractivity contribution in [3.8, 4) is 17.0 Å². The number of carboxylic acid groups (broad SMARTS) is 1. The number of aromatic carboxylic acids is 1. The maximum absolute atomic E-state index is 10.7. The van der Waals surface area contributed by atoms with E-state index < -0.39 is 5.97 Å². The van der Waals surface area contributed by atoms with Crippen LogP contribution in [-0.2, 0) is 0 Å². The Morgan fingerprint density at radius 1 is 1.47 bits per heavy atom. The van der Waals surface area contributed by atoms with E-state index in [1.807, 2.05) is 0 Å². The number of phenolic OH excluding ortho intramolecular Hbond substituents is 1. The number of carbonyl (C=O) groups is 1. The number of carboxylic acids is 1. The Labute approximate surface area is 105 Å². The lowest BCUT2D eigenvalue weighted by atomic mass is 10.0. The highest BCUT2D eigenvalue weighted by atomic mass is 79.9. The van der Waals surface area contributed by atoms with Crippen LogP contribution in [-0.4, -0.2) is 21.3 Å². The van der Waals surface area contributed by atoms with Crippen LogP contribution in [0, 0.1) is 6.92 Å². The average Bonchev–Trinajstić information content (AvgIpc) is 2.73. The van der Waals surface area contributed by atoms with Crippen molar-refractivity contribution in [2.24, 2.45) is 0 Å². The molecule has 0 fully saturated rings. The molecule has 0 spiro atoms. The summed E-state index contributed by atoms with van der Waals surface area (Å²) in [5.41, 5.74) is 1.52. The normalized spacial score (nSPS) is 10.5. The quantitative estimate of drug-likeness (QED) is 0.890. The van der Waals surface area contributed by atoms with E-state index >= 15 is 0 Å². The summed E-state index contributed by atoms with van der Waals surface area (Å²) >= 11 is 3.19. The molecule has 88 valence electrons. The fourth-order valence-corrected chi connectivity index (χ4v) is 1.81. The van der Waals surface area contributed by atoms with Crippen LogP contribution < -0.4 is 0 Å². The third kappa shape index (κ3) is 2.03. The summed E-state index contributed by atoms with van der Waals surface area (Å²) in [6.45, 7) is 1.79. The maximum Gasteiger partial charge on any atom is 0.374 e. The zero-order valence-electron chi connectivity index (χ0n) is 8.77. The monoisotopic (exact) mass is 297 g/mol. The Kier molecular flexibility index (Phi) is 2.89. The molecule has 1 heterocycles. The minimum absolute atomic E-state index is 0.00948. The summed E-state index contributed by atoms with van der Waals surface area (Å²) in [7, 11) is 0. The molecule has 1 aromatic heterocycles. The Bertz CT molecular complexity index is 591.